The molecule has 2 aliphatic rings. The number of benzene rings is 2. The molecule has 0 saturated carbocycles. The Hall–Kier alpha value is -3.29. The quantitative estimate of drug-likeness (QED) is 0.603. The highest BCUT2D eigenvalue weighted by atomic mass is 19.1. The van der Waals surface area contributed by atoms with E-state index in [1.54, 1.807) is 4.90 Å². The van der Waals surface area contributed by atoms with Crippen LogP contribution in [0.25, 0.3) is 0 Å². The molecular weight excluding hydrogens is 365 g/mol. The number of hydrogen-bond donors (Lipinski definition) is 0. The van der Waals surface area contributed by atoms with E-state index in [1.165, 1.54) is 11.0 Å². The molecule has 144 valence electrons. The fourth-order valence-corrected chi connectivity index (χ4v) is 3.91. The maximum atomic E-state index is 13.6. The van der Waals surface area contributed by atoms with Crippen LogP contribution in [0.2, 0.25) is 0 Å². The van der Waals surface area contributed by atoms with E-state index < -0.39 is 22.3 Å². The molecule has 1 fully saturated rings. The molecule has 2 aromatic rings. The number of rotatable bonds is 3. The largest absolute Gasteiger partial charge is 0.312 e. The molecule has 1 saturated heterocycles. The van der Waals surface area contributed by atoms with E-state index in [4.69, 9.17) is 0 Å². The van der Waals surface area contributed by atoms with Crippen LogP contribution in [0.3, 0.4) is 0 Å². The number of hydrogen-bond acceptors (Lipinski definition) is 4. The van der Waals surface area contributed by atoms with Crippen molar-refractivity contribution in [2.75, 3.05) is 22.9 Å². The van der Waals surface area contributed by atoms with E-state index in [1.807, 2.05) is 19.1 Å². The van der Waals surface area contributed by atoms with Crippen LogP contribution in [0.1, 0.15) is 17.5 Å². The van der Waals surface area contributed by atoms with Crippen molar-refractivity contribution in [3.63, 3.8) is 0 Å². The van der Waals surface area contributed by atoms with E-state index in [9.17, 15) is 24.1 Å². The molecule has 0 bridgehead atoms. The molecule has 0 radical (unpaired) electrons. The molecular formula is C20H18FN3O4. The molecule has 2 heterocycles. The number of anilines is 2. The highest BCUT2D eigenvalue weighted by molar-refractivity contribution is 6.05. The Balaban J connectivity index is 1.55. The second-order valence-electron chi connectivity index (χ2n) is 7.17. The minimum atomic E-state index is -0.961. The van der Waals surface area contributed by atoms with Gasteiger partial charge in [0.1, 0.15) is 0 Å². The number of nitrogens with zero attached hydrogens (tertiary/aromatic N) is 3. The fourth-order valence-electron chi connectivity index (χ4n) is 3.91. The lowest BCUT2D eigenvalue weighted by atomic mass is 10.1. The third kappa shape index (κ3) is 3.00. The normalized spacial score (nSPS) is 18.5. The van der Waals surface area contributed by atoms with E-state index in [-0.39, 0.29) is 30.5 Å². The summed E-state index contributed by atoms with van der Waals surface area (Å²) in [5, 5.41) is 11.0. The molecule has 8 heteroatoms. The average molecular weight is 383 g/mol. The van der Waals surface area contributed by atoms with Gasteiger partial charge in [-0.1, -0.05) is 17.7 Å². The first-order valence-corrected chi connectivity index (χ1v) is 9.00. The maximum Gasteiger partial charge on any atom is 0.306 e. The monoisotopic (exact) mass is 383 g/mol. The molecule has 0 spiro atoms. The van der Waals surface area contributed by atoms with Crippen LogP contribution in [-0.2, 0) is 16.0 Å². The molecule has 28 heavy (non-hydrogen) atoms. The predicted molar refractivity (Wildman–Crippen MR) is 101 cm³/mol. The number of carbonyl (C=O) groups is 2. The molecule has 0 aromatic heterocycles. The number of fused-ring (bicyclic) bond motifs is 1. The van der Waals surface area contributed by atoms with Gasteiger partial charge in [0.15, 0.2) is 0 Å². The highest BCUT2D eigenvalue weighted by Crippen LogP contribution is 2.34. The van der Waals surface area contributed by atoms with Crippen LogP contribution in [0.4, 0.5) is 21.5 Å². The van der Waals surface area contributed by atoms with Gasteiger partial charge in [-0.3, -0.25) is 19.7 Å². The number of aryl methyl sites for hydroxylation is 1. The van der Waals surface area contributed by atoms with Crippen LogP contribution in [0, 0.1) is 28.8 Å². The Morgan fingerprint density at radius 1 is 1.25 bits per heavy atom. The standard InChI is InChI=1S/C20H18FN3O4/c1-12-2-5-17-13(8-12)6-7-22(17)20(26)14-9-19(25)23(11-14)15-3-4-16(21)18(10-15)24(27)28/h2-5,8,10,14H,6-7,9,11H2,1H3. The van der Waals surface area contributed by atoms with Gasteiger partial charge in [0.2, 0.25) is 17.6 Å². The minimum absolute atomic E-state index is 0.0295. The van der Waals surface area contributed by atoms with Gasteiger partial charge in [-0.2, -0.15) is 4.39 Å². The second kappa shape index (κ2) is 6.70. The lowest BCUT2D eigenvalue weighted by molar-refractivity contribution is -0.387. The van der Waals surface area contributed by atoms with Gasteiger partial charge in [-0.25, -0.2) is 0 Å². The van der Waals surface area contributed by atoms with E-state index in [2.05, 4.69) is 6.07 Å². The van der Waals surface area contributed by atoms with E-state index in [0.717, 1.165) is 35.4 Å². The minimum Gasteiger partial charge on any atom is -0.312 e. The Bertz CT molecular complexity index is 1010. The van der Waals surface area contributed by atoms with Crippen LogP contribution in [0.5, 0.6) is 0 Å². The molecule has 1 atom stereocenters. The third-order valence-corrected chi connectivity index (χ3v) is 5.31. The lowest BCUT2D eigenvalue weighted by Crippen LogP contribution is -2.36. The van der Waals surface area contributed by atoms with Crippen molar-refractivity contribution in [1.29, 1.82) is 0 Å². The molecule has 2 amide bonds. The average Bonchev–Trinajstić information content (AvgIpc) is 3.24. The predicted octanol–water partition coefficient (Wildman–Crippen LogP) is 2.98. The lowest BCUT2D eigenvalue weighted by Gasteiger charge is -2.22. The number of halogens is 1. The summed E-state index contributed by atoms with van der Waals surface area (Å²) in [4.78, 5) is 38.6. The van der Waals surface area contributed by atoms with Gasteiger partial charge < -0.3 is 9.80 Å². The molecule has 4 rings (SSSR count). The summed E-state index contributed by atoms with van der Waals surface area (Å²) in [5.74, 6) is -1.93. The number of amides is 2. The summed E-state index contributed by atoms with van der Waals surface area (Å²) >= 11 is 0. The van der Waals surface area contributed by atoms with Gasteiger partial charge >= 0.3 is 5.69 Å². The zero-order chi connectivity index (χ0) is 20.0. The third-order valence-electron chi connectivity index (χ3n) is 5.31. The topological polar surface area (TPSA) is 83.8 Å². The zero-order valence-corrected chi connectivity index (χ0v) is 15.2. The van der Waals surface area contributed by atoms with Crippen molar-refractivity contribution < 1.29 is 18.9 Å². The summed E-state index contributed by atoms with van der Waals surface area (Å²) in [6, 6.07) is 9.26. The highest BCUT2D eigenvalue weighted by Gasteiger charge is 2.39. The molecule has 2 aliphatic heterocycles. The van der Waals surface area contributed by atoms with Gasteiger partial charge in [0, 0.05) is 31.3 Å². The van der Waals surface area contributed by atoms with Crippen molar-refractivity contribution in [3.05, 3.63) is 63.5 Å². The van der Waals surface area contributed by atoms with Crippen molar-refractivity contribution in [2.45, 2.75) is 19.8 Å². The SMILES string of the molecule is Cc1ccc2c(c1)CCN2C(=O)C1CC(=O)N(c2ccc(F)c([N+](=O)[O-])c2)C1. The summed E-state index contributed by atoms with van der Waals surface area (Å²) in [6.07, 6.45) is 0.805. The summed E-state index contributed by atoms with van der Waals surface area (Å²) in [6.45, 7) is 2.70. The van der Waals surface area contributed by atoms with Crippen LogP contribution in [0.15, 0.2) is 36.4 Å². The number of carbonyl (C=O) groups excluding carboxylic acids is 2. The van der Waals surface area contributed by atoms with Crippen LogP contribution in [-0.4, -0.2) is 29.8 Å². The van der Waals surface area contributed by atoms with Crippen molar-refractivity contribution in [2.24, 2.45) is 5.92 Å². The maximum absolute atomic E-state index is 13.6. The van der Waals surface area contributed by atoms with Crippen molar-refractivity contribution in [1.82, 2.24) is 0 Å². The molecule has 2 aromatic carbocycles. The van der Waals surface area contributed by atoms with Gasteiger partial charge in [-0.15, -0.1) is 0 Å². The first kappa shape index (κ1) is 18.1. The Morgan fingerprint density at radius 2 is 2.04 bits per heavy atom. The van der Waals surface area contributed by atoms with Crippen LogP contribution >= 0.6 is 0 Å². The van der Waals surface area contributed by atoms with Gasteiger partial charge in [0.25, 0.3) is 0 Å². The molecule has 0 N–H and O–H groups in total. The fraction of sp³-hybridized carbons (Fsp3) is 0.300. The summed E-state index contributed by atoms with van der Waals surface area (Å²) < 4.78 is 13.6. The van der Waals surface area contributed by atoms with Gasteiger partial charge in [-0.05, 0) is 37.1 Å². The zero-order valence-electron chi connectivity index (χ0n) is 15.2. The number of nitro groups is 1. The van der Waals surface area contributed by atoms with Crippen molar-refractivity contribution in [3.8, 4) is 0 Å². The number of nitro benzene ring substituents is 1. The Kier molecular flexibility index (Phi) is 4.33. The molecule has 0 aliphatic carbocycles. The van der Waals surface area contributed by atoms with E-state index in [0.29, 0.717) is 6.54 Å². The second-order valence-corrected chi connectivity index (χ2v) is 7.17. The van der Waals surface area contributed by atoms with Gasteiger partial charge in [0.05, 0.1) is 16.5 Å². The first-order valence-electron chi connectivity index (χ1n) is 9.00. The Morgan fingerprint density at radius 3 is 2.79 bits per heavy atom. The van der Waals surface area contributed by atoms with Crippen molar-refractivity contribution >= 4 is 28.9 Å². The first-order chi connectivity index (χ1) is 13.3. The summed E-state index contributed by atoms with van der Waals surface area (Å²) in [7, 11) is 0. The van der Waals surface area contributed by atoms with E-state index >= 15 is 0 Å². The van der Waals surface area contributed by atoms with Crippen LogP contribution < -0.4 is 9.80 Å². The smallest absolute Gasteiger partial charge is 0.306 e. The molecule has 7 nitrogen and oxygen atoms in total. The Labute approximate surface area is 160 Å². The summed E-state index contributed by atoms with van der Waals surface area (Å²) in [5.41, 5.74) is 2.66. The molecule has 1 unspecified atom stereocenters.